The molecule has 5 heteroatoms. The van der Waals surface area contributed by atoms with Crippen LogP contribution in [0.4, 0.5) is 0 Å². The van der Waals surface area contributed by atoms with Crippen LogP contribution in [0.15, 0.2) is 4.99 Å². The fourth-order valence-corrected chi connectivity index (χ4v) is 3.93. The number of hydrogen-bond acceptors (Lipinski definition) is 3. The lowest BCUT2D eigenvalue weighted by atomic mass is 9.83. The Bertz CT molecular complexity index is 362. The Kier molecular flexibility index (Phi) is 7.63. The van der Waals surface area contributed by atoms with Gasteiger partial charge in [0.1, 0.15) is 0 Å². The van der Waals surface area contributed by atoms with E-state index in [1.54, 1.807) is 0 Å². The van der Waals surface area contributed by atoms with E-state index in [2.05, 4.69) is 39.4 Å². The molecule has 0 amide bonds. The molecule has 2 aliphatic rings. The van der Waals surface area contributed by atoms with E-state index in [0.717, 1.165) is 25.6 Å². The third-order valence-electron chi connectivity index (χ3n) is 5.80. The van der Waals surface area contributed by atoms with Crippen LogP contribution in [-0.2, 0) is 0 Å². The summed E-state index contributed by atoms with van der Waals surface area (Å²) < 4.78 is 0. The zero-order valence-electron chi connectivity index (χ0n) is 15.5. The molecule has 1 saturated heterocycles. The van der Waals surface area contributed by atoms with E-state index < -0.39 is 0 Å². The van der Waals surface area contributed by atoms with Gasteiger partial charge < -0.3 is 20.4 Å². The summed E-state index contributed by atoms with van der Waals surface area (Å²) in [5, 5.41) is 7.07. The summed E-state index contributed by atoms with van der Waals surface area (Å²) >= 11 is 0. The van der Waals surface area contributed by atoms with E-state index >= 15 is 0 Å². The quantitative estimate of drug-likeness (QED) is 0.577. The van der Waals surface area contributed by atoms with Crippen molar-refractivity contribution >= 4 is 5.96 Å². The first-order valence-electron chi connectivity index (χ1n) is 9.53. The van der Waals surface area contributed by atoms with Gasteiger partial charge in [-0.3, -0.25) is 4.99 Å². The predicted molar refractivity (Wildman–Crippen MR) is 99.1 cm³/mol. The highest BCUT2D eigenvalue weighted by atomic mass is 15.2. The molecule has 1 heterocycles. The Balaban J connectivity index is 1.66. The molecule has 0 atom stereocenters. The van der Waals surface area contributed by atoms with Crippen LogP contribution in [0, 0.1) is 5.41 Å². The number of likely N-dealkylation sites (N-methyl/N-ethyl adjacent to an activating group) is 1. The first kappa shape index (κ1) is 18.5. The van der Waals surface area contributed by atoms with Crippen molar-refractivity contribution in [2.75, 3.05) is 59.9 Å². The van der Waals surface area contributed by atoms with Gasteiger partial charge in [-0.25, -0.2) is 0 Å². The minimum absolute atomic E-state index is 0.507. The van der Waals surface area contributed by atoms with Gasteiger partial charge in [0.25, 0.3) is 0 Å². The van der Waals surface area contributed by atoms with Gasteiger partial charge in [0.2, 0.25) is 0 Å². The molecule has 2 rings (SSSR count). The van der Waals surface area contributed by atoms with Crippen LogP contribution in [0.25, 0.3) is 0 Å². The summed E-state index contributed by atoms with van der Waals surface area (Å²) in [4.78, 5) is 9.39. The van der Waals surface area contributed by atoms with E-state index in [4.69, 9.17) is 0 Å². The SMILES string of the molecule is CCC1(CNC(=NC)NCCN2CCCN(C)CC2)CCCC1. The van der Waals surface area contributed by atoms with Crippen molar-refractivity contribution < 1.29 is 0 Å². The van der Waals surface area contributed by atoms with Crippen molar-refractivity contribution in [3.8, 4) is 0 Å². The number of rotatable bonds is 6. The highest BCUT2D eigenvalue weighted by Gasteiger charge is 2.31. The van der Waals surface area contributed by atoms with E-state index in [0.29, 0.717) is 5.41 Å². The van der Waals surface area contributed by atoms with Crippen molar-refractivity contribution in [1.82, 2.24) is 20.4 Å². The summed E-state index contributed by atoms with van der Waals surface area (Å²) in [6.45, 7) is 10.3. The van der Waals surface area contributed by atoms with E-state index in [1.807, 2.05) is 7.05 Å². The zero-order valence-corrected chi connectivity index (χ0v) is 15.5. The molecule has 0 spiro atoms. The Morgan fingerprint density at radius 1 is 1.04 bits per heavy atom. The minimum Gasteiger partial charge on any atom is -0.356 e. The van der Waals surface area contributed by atoms with Gasteiger partial charge in [0.15, 0.2) is 5.96 Å². The molecule has 5 nitrogen and oxygen atoms in total. The maximum absolute atomic E-state index is 4.40. The molecule has 2 fully saturated rings. The average molecular weight is 324 g/mol. The molecule has 1 aliphatic carbocycles. The molecule has 0 radical (unpaired) electrons. The van der Waals surface area contributed by atoms with Crippen LogP contribution in [0.5, 0.6) is 0 Å². The van der Waals surface area contributed by atoms with Gasteiger partial charge in [0.05, 0.1) is 0 Å². The van der Waals surface area contributed by atoms with Crippen LogP contribution < -0.4 is 10.6 Å². The second-order valence-electron chi connectivity index (χ2n) is 7.41. The molecular weight excluding hydrogens is 286 g/mol. The number of hydrogen-bond donors (Lipinski definition) is 2. The highest BCUT2D eigenvalue weighted by molar-refractivity contribution is 5.79. The summed E-state index contributed by atoms with van der Waals surface area (Å²) in [6.07, 6.45) is 8.08. The van der Waals surface area contributed by atoms with Crippen LogP contribution >= 0.6 is 0 Å². The number of nitrogens with zero attached hydrogens (tertiary/aromatic N) is 3. The zero-order chi connectivity index (χ0) is 16.5. The lowest BCUT2D eigenvalue weighted by molar-refractivity contribution is 0.276. The van der Waals surface area contributed by atoms with Gasteiger partial charge in [-0.15, -0.1) is 0 Å². The first-order chi connectivity index (χ1) is 11.2. The van der Waals surface area contributed by atoms with E-state index in [1.165, 1.54) is 64.7 Å². The topological polar surface area (TPSA) is 42.9 Å². The van der Waals surface area contributed by atoms with Gasteiger partial charge in [-0.05, 0) is 51.2 Å². The maximum Gasteiger partial charge on any atom is 0.191 e. The Morgan fingerprint density at radius 3 is 2.52 bits per heavy atom. The minimum atomic E-state index is 0.507. The van der Waals surface area contributed by atoms with Crippen molar-refractivity contribution in [1.29, 1.82) is 0 Å². The monoisotopic (exact) mass is 323 g/mol. The molecule has 2 N–H and O–H groups in total. The lowest BCUT2D eigenvalue weighted by Gasteiger charge is -2.29. The largest absolute Gasteiger partial charge is 0.356 e. The maximum atomic E-state index is 4.40. The van der Waals surface area contributed by atoms with Crippen LogP contribution in [0.2, 0.25) is 0 Å². The molecule has 0 bridgehead atoms. The molecular formula is C18H37N5. The Morgan fingerprint density at radius 2 is 1.83 bits per heavy atom. The van der Waals surface area contributed by atoms with Crippen molar-refractivity contribution in [2.24, 2.45) is 10.4 Å². The van der Waals surface area contributed by atoms with Crippen LogP contribution in [0.3, 0.4) is 0 Å². The third-order valence-corrected chi connectivity index (χ3v) is 5.80. The summed E-state index contributed by atoms with van der Waals surface area (Å²) in [7, 11) is 4.10. The average Bonchev–Trinajstić information content (AvgIpc) is 2.95. The van der Waals surface area contributed by atoms with Crippen LogP contribution in [0.1, 0.15) is 45.4 Å². The van der Waals surface area contributed by atoms with Gasteiger partial charge in [0, 0.05) is 39.8 Å². The Hall–Kier alpha value is -0.810. The molecule has 0 aromatic carbocycles. The number of nitrogens with one attached hydrogen (secondary N) is 2. The molecule has 23 heavy (non-hydrogen) atoms. The number of aliphatic imine (C=N–C) groups is 1. The van der Waals surface area contributed by atoms with Crippen molar-refractivity contribution in [3.05, 3.63) is 0 Å². The number of guanidine groups is 1. The van der Waals surface area contributed by atoms with Crippen molar-refractivity contribution in [2.45, 2.75) is 45.4 Å². The van der Waals surface area contributed by atoms with Crippen molar-refractivity contribution in [3.63, 3.8) is 0 Å². The first-order valence-corrected chi connectivity index (χ1v) is 9.53. The van der Waals surface area contributed by atoms with E-state index in [9.17, 15) is 0 Å². The molecule has 0 unspecified atom stereocenters. The van der Waals surface area contributed by atoms with Crippen LogP contribution in [-0.4, -0.2) is 75.7 Å². The normalized spacial score (nSPS) is 23.7. The second kappa shape index (κ2) is 9.48. The summed E-state index contributed by atoms with van der Waals surface area (Å²) in [5.74, 6) is 0.969. The molecule has 1 aliphatic heterocycles. The smallest absolute Gasteiger partial charge is 0.191 e. The predicted octanol–water partition coefficient (Wildman–Crippen LogP) is 1.76. The fraction of sp³-hybridized carbons (Fsp3) is 0.944. The second-order valence-corrected chi connectivity index (χ2v) is 7.41. The summed E-state index contributed by atoms with van der Waals surface area (Å²) in [6, 6.07) is 0. The summed E-state index contributed by atoms with van der Waals surface area (Å²) in [5.41, 5.74) is 0.507. The Labute approximate surface area is 142 Å². The molecule has 0 aromatic heterocycles. The fourth-order valence-electron chi connectivity index (χ4n) is 3.93. The van der Waals surface area contributed by atoms with Gasteiger partial charge >= 0.3 is 0 Å². The van der Waals surface area contributed by atoms with Gasteiger partial charge in [-0.2, -0.15) is 0 Å². The lowest BCUT2D eigenvalue weighted by Crippen LogP contribution is -2.45. The third kappa shape index (κ3) is 5.96. The molecule has 1 saturated carbocycles. The molecule has 134 valence electrons. The standard InChI is InChI=1S/C18H37N5/c1-4-18(8-5-6-9-18)16-21-17(19-2)20-10-13-23-12-7-11-22(3)14-15-23/h4-16H2,1-3H3,(H2,19,20,21). The highest BCUT2D eigenvalue weighted by Crippen LogP contribution is 2.40. The van der Waals surface area contributed by atoms with Gasteiger partial charge in [-0.1, -0.05) is 19.8 Å². The molecule has 0 aromatic rings. The van der Waals surface area contributed by atoms with E-state index in [-0.39, 0.29) is 0 Å².